The number of aliphatic imine (C=N–C) groups is 1. The van der Waals surface area contributed by atoms with E-state index in [0.29, 0.717) is 17.9 Å². The summed E-state index contributed by atoms with van der Waals surface area (Å²) in [5, 5.41) is 17.1. The third-order valence-corrected chi connectivity index (χ3v) is 5.75. The first-order valence-electron chi connectivity index (χ1n) is 10.5. The number of carboxylic acids is 1. The first-order valence-corrected chi connectivity index (χ1v) is 13.2. The van der Waals surface area contributed by atoms with Gasteiger partial charge in [-0.05, 0) is 56.6 Å². The number of guanidine groups is 1. The molecule has 0 saturated carbocycles. The molecule has 0 heterocycles. The maximum atomic E-state index is 12.9. The Bertz CT molecular complexity index is 675. The first-order chi connectivity index (χ1) is 15.5. The van der Waals surface area contributed by atoms with Crippen molar-refractivity contribution < 1.29 is 24.3 Å². The maximum Gasteiger partial charge on any atom is 0.326 e. The number of hydrogen-bond donors (Lipinski definition) is 7. The zero-order valence-electron chi connectivity index (χ0n) is 19.3. The molecular weight excluding hydrogens is 470 g/mol. The number of nitrogens with two attached hydrogens (primary N) is 3. The zero-order valence-corrected chi connectivity index (χ0v) is 21.0. The number of nitrogens with zero attached hydrogens (tertiary/aromatic N) is 1. The van der Waals surface area contributed by atoms with Crippen LogP contribution in [0.3, 0.4) is 0 Å². The molecule has 33 heavy (non-hydrogen) atoms. The van der Waals surface area contributed by atoms with Gasteiger partial charge in [0.15, 0.2) is 5.96 Å². The molecule has 14 heteroatoms. The number of amides is 3. The first kappa shape index (κ1) is 30.8. The van der Waals surface area contributed by atoms with E-state index in [0.717, 1.165) is 0 Å². The van der Waals surface area contributed by atoms with Gasteiger partial charge in [-0.15, -0.1) is 0 Å². The highest BCUT2D eigenvalue weighted by Crippen LogP contribution is 2.07. The smallest absolute Gasteiger partial charge is 0.326 e. The molecule has 3 amide bonds. The molecule has 0 rings (SSSR count). The Morgan fingerprint density at radius 1 is 0.848 bits per heavy atom. The van der Waals surface area contributed by atoms with Gasteiger partial charge >= 0.3 is 5.97 Å². The second kappa shape index (κ2) is 17.3. The fourth-order valence-electron chi connectivity index (χ4n) is 2.62. The Morgan fingerprint density at radius 3 is 1.76 bits per heavy atom. The van der Waals surface area contributed by atoms with Gasteiger partial charge in [-0.3, -0.25) is 19.4 Å². The zero-order chi connectivity index (χ0) is 25.4. The highest BCUT2D eigenvalue weighted by molar-refractivity contribution is 7.98. The van der Waals surface area contributed by atoms with Gasteiger partial charge in [0.1, 0.15) is 18.1 Å². The lowest BCUT2D eigenvalue weighted by Gasteiger charge is -2.25. The van der Waals surface area contributed by atoms with Crippen molar-refractivity contribution >= 4 is 53.2 Å². The SMILES string of the molecule is CSCCC(NC(=O)C(CCSC)NC(=O)C(CCCN=C(N)N)NC(=O)C(C)N)C(=O)O. The quantitative estimate of drug-likeness (QED) is 0.0682. The van der Waals surface area contributed by atoms with Crippen LogP contribution in [0.25, 0.3) is 0 Å². The lowest BCUT2D eigenvalue weighted by atomic mass is 10.1. The molecule has 0 spiro atoms. The van der Waals surface area contributed by atoms with Crippen LogP contribution in [0.1, 0.15) is 32.6 Å². The topological polar surface area (TPSA) is 215 Å². The number of nitrogens with one attached hydrogen (secondary N) is 3. The molecule has 4 unspecified atom stereocenters. The molecular formula is C19H37N7O5S2. The number of rotatable bonds is 17. The number of carbonyl (C=O) groups excluding carboxylic acids is 3. The van der Waals surface area contributed by atoms with Crippen molar-refractivity contribution in [1.82, 2.24) is 16.0 Å². The number of aliphatic carboxylic acids is 1. The van der Waals surface area contributed by atoms with E-state index in [1.165, 1.54) is 30.4 Å². The average Bonchev–Trinajstić information content (AvgIpc) is 2.74. The standard InChI is InChI=1S/C19H37N7O5S2/c1-11(20)15(27)24-12(5-4-8-23-19(21)22)16(28)25-13(6-9-32-2)17(29)26-14(18(30)31)7-10-33-3/h11-14H,4-10,20H2,1-3H3,(H,24,27)(H,25,28)(H,26,29)(H,30,31)(H4,21,22,23). The van der Waals surface area contributed by atoms with E-state index in [9.17, 15) is 24.3 Å². The summed E-state index contributed by atoms with van der Waals surface area (Å²) < 4.78 is 0. The van der Waals surface area contributed by atoms with Gasteiger partial charge in [-0.1, -0.05) is 0 Å². The Labute approximate surface area is 203 Å². The minimum Gasteiger partial charge on any atom is -0.480 e. The van der Waals surface area contributed by atoms with Crippen molar-refractivity contribution in [2.45, 2.75) is 56.8 Å². The van der Waals surface area contributed by atoms with E-state index in [2.05, 4.69) is 20.9 Å². The number of carbonyl (C=O) groups is 4. The maximum absolute atomic E-state index is 12.9. The summed E-state index contributed by atoms with van der Waals surface area (Å²) in [5.41, 5.74) is 16.2. The van der Waals surface area contributed by atoms with Crippen LogP contribution < -0.4 is 33.2 Å². The van der Waals surface area contributed by atoms with Gasteiger partial charge in [-0.25, -0.2) is 4.79 Å². The van der Waals surface area contributed by atoms with Crippen molar-refractivity contribution in [3.8, 4) is 0 Å². The van der Waals surface area contributed by atoms with E-state index in [1.54, 1.807) is 0 Å². The van der Waals surface area contributed by atoms with Gasteiger partial charge < -0.3 is 38.3 Å². The molecule has 0 aromatic rings. The second-order valence-corrected chi connectivity index (χ2v) is 9.29. The summed E-state index contributed by atoms with van der Waals surface area (Å²) >= 11 is 2.95. The number of carboxylic acid groups (broad SMARTS) is 1. The Morgan fingerprint density at radius 2 is 1.30 bits per heavy atom. The summed E-state index contributed by atoms with van der Waals surface area (Å²) in [6.45, 7) is 1.74. The van der Waals surface area contributed by atoms with Crippen LogP contribution in [0.2, 0.25) is 0 Å². The number of hydrogen-bond acceptors (Lipinski definition) is 8. The number of thioether (sulfide) groups is 2. The lowest BCUT2D eigenvalue weighted by molar-refractivity contribution is -0.142. The van der Waals surface area contributed by atoms with Gasteiger partial charge in [0, 0.05) is 6.54 Å². The van der Waals surface area contributed by atoms with E-state index >= 15 is 0 Å². The van der Waals surface area contributed by atoms with Crippen molar-refractivity contribution in [1.29, 1.82) is 0 Å². The lowest BCUT2D eigenvalue weighted by Crippen LogP contribution is -2.57. The van der Waals surface area contributed by atoms with Crippen LogP contribution in [0.15, 0.2) is 4.99 Å². The summed E-state index contributed by atoms with van der Waals surface area (Å²) in [6.07, 6.45) is 4.84. The molecule has 190 valence electrons. The van der Waals surface area contributed by atoms with Crippen molar-refractivity contribution in [3.63, 3.8) is 0 Å². The van der Waals surface area contributed by atoms with E-state index in [-0.39, 0.29) is 31.8 Å². The summed E-state index contributed by atoms with van der Waals surface area (Å²) in [7, 11) is 0. The van der Waals surface area contributed by atoms with Crippen LogP contribution in [-0.2, 0) is 19.2 Å². The van der Waals surface area contributed by atoms with Crippen molar-refractivity contribution in [3.05, 3.63) is 0 Å². The van der Waals surface area contributed by atoms with Crippen LogP contribution >= 0.6 is 23.5 Å². The van der Waals surface area contributed by atoms with Crippen molar-refractivity contribution in [2.24, 2.45) is 22.2 Å². The van der Waals surface area contributed by atoms with Crippen LogP contribution in [0.5, 0.6) is 0 Å². The summed E-state index contributed by atoms with van der Waals surface area (Å²) in [4.78, 5) is 53.1. The highest BCUT2D eigenvalue weighted by atomic mass is 32.2. The third-order valence-electron chi connectivity index (χ3n) is 4.46. The fourth-order valence-corrected chi connectivity index (χ4v) is 3.56. The Hall–Kier alpha value is -2.19. The van der Waals surface area contributed by atoms with Crippen LogP contribution in [0.4, 0.5) is 0 Å². The average molecular weight is 508 g/mol. The summed E-state index contributed by atoms with van der Waals surface area (Å²) in [5.74, 6) is -1.81. The predicted octanol–water partition coefficient (Wildman–Crippen LogP) is -1.57. The molecule has 0 aromatic carbocycles. The fraction of sp³-hybridized carbons (Fsp3) is 0.737. The van der Waals surface area contributed by atoms with E-state index in [1.807, 2.05) is 12.5 Å². The molecule has 0 saturated heterocycles. The molecule has 12 nitrogen and oxygen atoms in total. The van der Waals surface area contributed by atoms with Crippen molar-refractivity contribution in [2.75, 3.05) is 30.6 Å². The minimum atomic E-state index is -1.14. The molecule has 0 bridgehead atoms. The van der Waals surface area contributed by atoms with E-state index in [4.69, 9.17) is 17.2 Å². The predicted molar refractivity (Wildman–Crippen MR) is 133 cm³/mol. The minimum absolute atomic E-state index is 0.0844. The van der Waals surface area contributed by atoms with Crippen LogP contribution in [0, 0.1) is 0 Å². The molecule has 0 aliphatic rings. The largest absolute Gasteiger partial charge is 0.480 e. The van der Waals surface area contributed by atoms with Gasteiger partial charge in [-0.2, -0.15) is 23.5 Å². The van der Waals surface area contributed by atoms with Crippen LogP contribution in [-0.4, -0.2) is 89.5 Å². The monoisotopic (exact) mass is 507 g/mol. The Balaban J connectivity index is 5.38. The normalized spacial score (nSPS) is 14.3. The van der Waals surface area contributed by atoms with Gasteiger partial charge in [0.25, 0.3) is 0 Å². The highest BCUT2D eigenvalue weighted by Gasteiger charge is 2.29. The molecule has 0 aliphatic carbocycles. The van der Waals surface area contributed by atoms with Gasteiger partial charge in [0.2, 0.25) is 17.7 Å². The molecule has 0 aromatic heterocycles. The molecule has 0 radical (unpaired) electrons. The van der Waals surface area contributed by atoms with Gasteiger partial charge in [0.05, 0.1) is 6.04 Å². The molecule has 4 atom stereocenters. The summed E-state index contributed by atoms with van der Waals surface area (Å²) in [6, 6.07) is -3.82. The third kappa shape index (κ3) is 13.8. The molecule has 0 fully saturated rings. The Kier molecular flexibility index (Phi) is 16.2. The molecule has 10 N–H and O–H groups in total. The van der Waals surface area contributed by atoms with E-state index < -0.39 is 47.9 Å². The second-order valence-electron chi connectivity index (χ2n) is 7.32. The molecule has 0 aliphatic heterocycles.